The number of carbonyl (C=O) groups excluding carboxylic acids is 1. The van der Waals surface area contributed by atoms with Crippen LogP contribution in [0.25, 0.3) is 11.3 Å². The van der Waals surface area contributed by atoms with Crippen molar-refractivity contribution in [3.05, 3.63) is 29.2 Å². The lowest BCUT2D eigenvalue weighted by atomic mass is 10.1. The fourth-order valence-corrected chi connectivity index (χ4v) is 1.90. The van der Waals surface area contributed by atoms with Gasteiger partial charge in [-0.05, 0) is 27.7 Å². The first-order chi connectivity index (χ1) is 8.56. The van der Waals surface area contributed by atoms with E-state index in [9.17, 15) is 4.79 Å². The normalized spacial score (nSPS) is 10.7. The standard InChI is InChI=1S/C13H15NO4/c1-5-16-13(15)11-12(17-6-14-11)10-7(2)8(3)18-9(10)4/h6H,5H2,1-4H3. The van der Waals surface area contributed by atoms with E-state index < -0.39 is 5.97 Å². The first kappa shape index (κ1) is 12.4. The molecule has 0 atom stereocenters. The third kappa shape index (κ3) is 1.92. The minimum atomic E-state index is -0.487. The summed E-state index contributed by atoms with van der Waals surface area (Å²) in [5, 5.41) is 0. The maximum atomic E-state index is 11.8. The number of oxazole rings is 1. The molecule has 0 saturated carbocycles. The molecule has 0 radical (unpaired) electrons. The number of rotatable bonds is 3. The van der Waals surface area contributed by atoms with Gasteiger partial charge in [0, 0.05) is 5.56 Å². The van der Waals surface area contributed by atoms with Crippen molar-refractivity contribution in [1.82, 2.24) is 4.98 Å². The van der Waals surface area contributed by atoms with Crippen molar-refractivity contribution >= 4 is 5.97 Å². The average Bonchev–Trinajstić information content (AvgIpc) is 2.86. The van der Waals surface area contributed by atoms with Crippen LogP contribution in [0.1, 0.15) is 34.5 Å². The maximum Gasteiger partial charge on any atom is 0.360 e. The fraction of sp³-hybridized carbons (Fsp3) is 0.385. The Morgan fingerprint density at radius 2 is 2.06 bits per heavy atom. The second kappa shape index (κ2) is 4.68. The van der Waals surface area contributed by atoms with E-state index in [4.69, 9.17) is 13.6 Å². The number of hydrogen-bond donors (Lipinski definition) is 0. The molecule has 5 nitrogen and oxygen atoms in total. The van der Waals surface area contributed by atoms with Gasteiger partial charge in [0.1, 0.15) is 11.5 Å². The highest BCUT2D eigenvalue weighted by Gasteiger charge is 2.24. The average molecular weight is 249 g/mol. The molecule has 0 bridgehead atoms. The van der Waals surface area contributed by atoms with Gasteiger partial charge in [-0.25, -0.2) is 9.78 Å². The van der Waals surface area contributed by atoms with Gasteiger partial charge in [0.15, 0.2) is 17.8 Å². The SMILES string of the molecule is CCOC(=O)c1ncoc1-c1c(C)oc(C)c1C. The molecule has 0 aliphatic carbocycles. The minimum Gasteiger partial charge on any atom is -0.466 e. The first-order valence-corrected chi connectivity index (χ1v) is 5.73. The maximum absolute atomic E-state index is 11.8. The van der Waals surface area contributed by atoms with Gasteiger partial charge in [0.05, 0.1) is 12.2 Å². The van der Waals surface area contributed by atoms with Gasteiger partial charge in [-0.15, -0.1) is 0 Å². The van der Waals surface area contributed by atoms with E-state index >= 15 is 0 Å². The van der Waals surface area contributed by atoms with Crippen LogP contribution in [-0.4, -0.2) is 17.6 Å². The Bertz CT molecular complexity index is 580. The van der Waals surface area contributed by atoms with Gasteiger partial charge in [0.25, 0.3) is 0 Å². The number of ether oxygens (including phenoxy) is 1. The Kier molecular flexibility index (Phi) is 3.23. The molecule has 0 fully saturated rings. The van der Waals surface area contributed by atoms with Crippen LogP contribution in [0.5, 0.6) is 0 Å². The number of aryl methyl sites for hydroxylation is 2. The summed E-state index contributed by atoms with van der Waals surface area (Å²) in [7, 11) is 0. The Morgan fingerprint density at radius 3 is 2.61 bits per heavy atom. The highest BCUT2D eigenvalue weighted by Crippen LogP contribution is 2.33. The number of esters is 1. The van der Waals surface area contributed by atoms with Crippen molar-refractivity contribution in [2.75, 3.05) is 6.61 Å². The van der Waals surface area contributed by atoms with Crippen molar-refractivity contribution in [2.24, 2.45) is 0 Å². The third-order valence-corrected chi connectivity index (χ3v) is 2.82. The Labute approximate surface area is 105 Å². The van der Waals surface area contributed by atoms with Crippen LogP contribution >= 0.6 is 0 Å². The van der Waals surface area contributed by atoms with Crippen molar-refractivity contribution in [2.45, 2.75) is 27.7 Å². The van der Waals surface area contributed by atoms with Crippen LogP contribution in [0.4, 0.5) is 0 Å². The second-order valence-electron chi connectivity index (χ2n) is 3.96. The highest BCUT2D eigenvalue weighted by molar-refractivity contribution is 5.94. The zero-order chi connectivity index (χ0) is 13.3. The summed E-state index contributed by atoms with van der Waals surface area (Å²) in [5.41, 5.74) is 1.90. The topological polar surface area (TPSA) is 65.5 Å². The lowest BCUT2D eigenvalue weighted by Crippen LogP contribution is -2.06. The summed E-state index contributed by atoms with van der Waals surface area (Å²) < 4.78 is 15.8. The van der Waals surface area contributed by atoms with Crippen molar-refractivity contribution in [3.8, 4) is 11.3 Å². The molecule has 5 heteroatoms. The molecule has 0 amide bonds. The molecule has 0 spiro atoms. The second-order valence-corrected chi connectivity index (χ2v) is 3.96. The molecule has 0 saturated heterocycles. The van der Waals surface area contributed by atoms with Crippen LogP contribution in [-0.2, 0) is 4.74 Å². The summed E-state index contributed by atoms with van der Waals surface area (Å²) >= 11 is 0. The zero-order valence-electron chi connectivity index (χ0n) is 10.9. The summed E-state index contributed by atoms with van der Waals surface area (Å²) in [6.07, 6.45) is 1.24. The number of nitrogens with zero attached hydrogens (tertiary/aromatic N) is 1. The molecular weight excluding hydrogens is 234 g/mol. The molecule has 18 heavy (non-hydrogen) atoms. The third-order valence-electron chi connectivity index (χ3n) is 2.82. The number of furan rings is 1. The summed E-state index contributed by atoms with van der Waals surface area (Å²) in [5.74, 6) is 1.42. The summed E-state index contributed by atoms with van der Waals surface area (Å²) in [4.78, 5) is 15.7. The van der Waals surface area contributed by atoms with E-state index in [0.29, 0.717) is 18.1 Å². The van der Waals surface area contributed by atoms with Crippen LogP contribution in [0.15, 0.2) is 15.2 Å². The van der Waals surface area contributed by atoms with E-state index in [1.165, 1.54) is 6.39 Å². The molecule has 0 aromatic carbocycles. The van der Waals surface area contributed by atoms with Crippen LogP contribution in [0, 0.1) is 20.8 Å². The van der Waals surface area contributed by atoms with Gasteiger partial charge < -0.3 is 13.6 Å². The monoisotopic (exact) mass is 249 g/mol. The minimum absolute atomic E-state index is 0.184. The fourth-order valence-electron chi connectivity index (χ4n) is 1.90. The lowest BCUT2D eigenvalue weighted by Gasteiger charge is -2.01. The molecule has 0 aliphatic heterocycles. The molecule has 2 aromatic heterocycles. The Hall–Kier alpha value is -2.04. The van der Waals surface area contributed by atoms with Crippen molar-refractivity contribution in [1.29, 1.82) is 0 Å². The number of hydrogen-bond acceptors (Lipinski definition) is 5. The van der Waals surface area contributed by atoms with E-state index in [1.54, 1.807) is 6.92 Å². The Morgan fingerprint density at radius 1 is 1.33 bits per heavy atom. The molecule has 2 aromatic rings. The molecule has 0 unspecified atom stereocenters. The predicted octanol–water partition coefficient (Wildman–Crippen LogP) is 3.04. The van der Waals surface area contributed by atoms with Crippen LogP contribution < -0.4 is 0 Å². The number of aromatic nitrogens is 1. The number of carbonyl (C=O) groups is 1. The quantitative estimate of drug-likeness (QED) is 0.782. The van der Waals surface area contributed by atoms with Gasteiger partial charge in [0.2, 0.25) is 0 Å². The van der Waals surface area contributed by atoms with E-state index in [0.717, 1.165) is 16.9 Å². The Balaban J connectivity index is 2.52. The molecule has 0 N–H and O–H groups in total. The van der Waals surface area contributed by atoms with Crippen molar-refractivity contribution in [3.63, 3.8) is 0 Å². The molecular formula is C13H15NO4. The van der Waals surface area contributed by atoms with Gasteiger partial charge in [-0.2, -0.15) is 0 Å². The first-order valence-electron chi connectivity index (χ1n) is 5.73. The van der Waals surface area contributed by atoms with Gasteiger partial charge in [-0.3, -0.25) is 0 Å². The highest BCUT2D eigenvalue weighted by atomic mass is 16.5. The molecule has 96 valence electrons. The van der Waals surface area contributed by atoms with Gasteiger partial charge in [-0.1, -0.05) is 0 Å². The van der Waals surface area contributed by atoms with Crippen LogP contribution in [0.3, 0.4) is 0 Å². The summed E-state index contributed by atoms with van der Waals surface area (Å²) in [6.45, 7) is 7.65. The summed E-state index contributed by atoms with van der Waals surface area (Å²) in [6, 6.07) is 0. The van der Waals surface area contributed by atoms with Crippen molar-refractivity contribution < 1.29 is 18.4 Å². The predicted molar refractivity (Wildman–Crippen MR) is 64.4 cm³/mol. The van der Waals surface area contributed by atoms with Gasteiger partial charge >= 0.3 is 5.97 Å². The zero-order valence-corrected chi connectivity index (χ0v) is 10.9. The smallest absolute Gasteiger partial charge is 0.360 e. The molecule has 2 heterocycles. The van der Waals surface area contributed by atoms with E-state index in [2.05, 4.69) is 4.98 Å². The largest absolute Gasteiger partial charge is 0.466 e. The molecule has 2 rings (SSSR count). The van der Waals surface area contributed by atoms with E-state index in [-0.39, 0.29) is 5.69 Å². The van der Waals surface area contributed by atoms with Crippen LogP contribution in [0.2, 0.25) is 0 Å². The lowest BCUT2D eigenvalue weighted by molar-refractivity contribution is 0.0520. The molecule has 0 aliphatic rings. The van der Waals surface area contributed by atoms with E-state index in [1.807, 2.05) is 20.8 Å².